The average Bonchev–Trinajstić information content (AvgIpc) is 3.24. The van der Waals surface area contributed by atoms with Crippen molar-refractivity contribution in [1.82, 2.24) is 0 Å². The number of aryl methyl sites for hydroxylation is 3. The molecule has 0 spiro atoms. The lowest BCUT2D eigenvalue weighted by Crippen LogP contribution is -2.37. The number of halogens is 1. The molecule has 0 unspecified atom stereocenters. The number of ether oxygens (including phenoxy) is 1. The second-order valence-corrected chi connectivity index (χ2v) is 11.5. The molecule has 3 aromatic rings. The number of nitrogens with one attached hydrogen (secondary N) is 1. The molecular weight excluding hydrogens is 506 g/mol. The van der Waals surface area contributed by atoms with Crippen molar-refractivity contribution in [2.24, 2.45) is 4.99 Å². The summed E-state index contributed by atoms with van der Waals surface area (Å²) in [5.74, 6) is -0.492. The maximum Gasteiger partial charge on any atom is 0.262 e. The molecule has 2 aromatic carbocycles. The number of hydrogen-bond acceptors (Lipinski definition) is 7. The van der Waals surface area contributed by atoms with Gasteiger partial charge in [0.25, 0.3) is 10.0 Å². The van der Waals surface area contributed by atoms with Crippen LogP contribution in [0.3, 0.4) is 0 Å². The van der Waals surface area contributed by atoms with E-state index in [0.29, 0.717) is 29.5 Å². The van der Waals surface area contributed by atoms with E-state index in [-0.39, 0.29) is 15.5 Å². The Bertz CT molecular complexity index is 1390. The van der Waals surface area contributed by atoms with E-state index in [0.717, 1.165) is 46.8 Å². The van der Waals surface area contributed by atoms with Crippen LogP contribution in [0, 0.1) is 27.7 Å². The molecule has 1 aromatic heterocycles. The predicted octanol–water partition coefficient (Wildman–Crippen LogP) is 4.71. The van der Waals surface area contributed by atoms with Crippen molar-refractivity contribution >= 4 is 55.9 Å². The van der Waals surface area contributed by atoms with E-state index in [1.54, 1.807) is 24.4 Å². The first-order chi connectivity index (χ1) is 16.6. The summed E-state index contributed by atoms with van der Waals surface area (Å²) in [6.07, 6.45) is 0. The first-order valence-corrected chi connectivity index (χ1v) is 13.9. The zero-order valence-electron chi connectivity index (χ0n) is 20.0. The van der Waals surface area contributed by atoms with E-state index < -0.39 is 15.9 Å². The van der Waals surface area contributed by atoms with Gasteiger partial charge < -0.3 is 14.7 Å². The molecule has 1 N–H and O–H groups in total. The van der Waals surface area contributed by atoms with Crippen LogP contribution >= 0.6 is 22.9 Å². The number of hydrogen-bond donors (Lipinski definition) is 1. The minimum atomic E-state index is -3.92. The van der Waals surface area contributed by atoms with Crippen molar-refractivity contribution in [3.05, 3.63) is 67.9 Å². The molecule has 0 saturated carbocycles. The van der Waals surface area contributed by atoms with Gasteiger partial charge in [0.2, 0.25) is 0 Å². The van der Waals surface area contributed by atoms with Gasteiger partial charge in [0.05, 0.1) is 34.4 Å². The summed E-state index contributed by atoms with van der Waals surface area (Å²) in [5, 5.41) is 15.4. The molecule has 1 fully saturated rings. The molecular formula is C25H27ClN3O4S2-. The van der Waals surface area contributed by atoms with Crippen molar-refractivity contribution in [2.45, 2.75) is 32.6 Å². The first kappa shape index (κ1) is 25.5. The largest absolute Gasteiger partial charge is 0.858 e. The Morgan fingerprint density at radius 1 is 1.09 bits per heavy atom. The van der Waals surface area contributed by atoms with Crippen molar-refractivity contribution in [2.75, 3.05) is 35.9 Å². The Morgan fingerprint density at radius 2 is 1.80 bits per heavy atom. The maximum absolute atomic E-state index is 13.3. The highest BCUT2D eigenvalue weighted by molar-refractivity contribution is 7.92. The van der Waals surface area contributed by atoms with Gasteiger partial charge >= 0.3 is 0 Å². The lowest BCUT2D eigenvalue weighted by molar-refractivity contribution is -0.212. The Kier molecular flexibility index (Phi) is 7.42. The predicted molar refractivity (Wildman–Crippen MR) is 141 cm³/mol. The van der Waals surface area contributed by atoms with E-state index in [2.05, 4.69) is 21.5 Å². The SMILES string of the molecule is Cc1cc(Cl)ccc1S(=O)(=O)Nc1ccsc1C([O-])=Nc1c(C)cc(C)c(N2CCOCC2)c1C. The maximum atomic E-state index is 13.3. The van der Waals surface area contributed by atoms with E-state index in [1.165, 1.54) is 12.1 Å². The van der Waals surface area contributed by atoms with Gasteiger partial charge in [-0.1, -0.05) is 17.7 Å². The summed E-state index contributed by atoms with van der Waals surface area (Å²) in [6.45, 7) is 10.5. The fourth-order valence-electron chi connectivity index (χ4n) is 4.43. The van der Waals surface area contributed by atoms with Crippen LogP contribution in [0.15, 0.2) is 45.6 Å². The third kappa shape index (κ3) is 5.33. The summed E-state index contributed by atoms with van der Waals surface area (Å²) >= 11 is 7.12. The highest BCUT2D eigenvalue weighted by atomic mass is 35.5. The Morgan fingerprint density at radius 3 is 2.49 bits per heavy atom. The number of morpholine rings is 1. The van der Waals surface area contributed by atoms with Crippen molar-refractivity contribution < 1.29 is 18.3 Å². The molecule has 10 heteroatoms. The van der Waals surface area contributed by atoms with Gasteiger partial charge in [-0.05, 0) is 79.6 Å². The Labute approximate surface area is 215 Å². The number of thiophene rings is 1. The number of aliphatic imine (C=N–C) groups is 1. The minimum Gasteiger partial charge on any atom is -0.858 e. The molecule has 1 saturated heterocycles. The molecule has 35 heavy (non-hydrogen) atoms. The quantitative estimate of drug-likeness (QED) is 0.366. The van der Waals surface area contributed by atoms with Crippen LogP contribution in [0.25, 0.3) is 0 Å². The highest BCUT2D eigenvalue weighted by Gasteiger charge is 2.21. The highest BCUT2D eigenvalue weighted by Crippen LogP contribution is 2.37. The fraction of sp³-hybridized carbons (Fsp3) is 0.320. The van der Waals surface area contributed by atoms with Gasteiger partial charge in [0.15, 0.2) is 0 Å². The van der Waals surface area contributed by atoms with E-state index in [4.69, 9.17) is 16.3 Å². The van der Waals surface area contributed by atoms with Crippen LogP contribution in [-0.2, 0) is 14.8 Å². The smallest absolute Gasteiger partial charge is 0.262 e. The topological polar surface area (TPSA) is 94.1 Å². The van der Waals surface area contributed by atoms with Crippen LogP contribution in [0.1, 0.15) is 27.1 Å². The Balaban J connectivity index is 1.69. The molecule has 7 nitrogen and oxygen atoms in total. The zero-order chi connectivity index (χ0) is 25.3. The lowest BCUT2D eigenvalue weighted by atomic mass is 10.0. The van der Waals surface area contributed by atoms with Crippen molar-refractivity contribution in [1.29, 1.82) is 0 Å². The molecule has 0 aliphatic carbocycles. The molecule has 0 bridgehead atoms. The van der Waals surface area contributed by atoms with E-state index in [9.17, 15) is 13.5 Å². The van der Waals surface area contributed by atoms with Crippen LogP contribution in [-0.4, -0.2) is 40.6 Å². The van der Waals surface area contributed by atoms with Crippen LogP contribution < -0.4 is 14.7 Å². The number of rotatable bonds is 6. The minimum absolute atomic E-state index is 0.101. The van der Waals surface area contributed by atoms with Crippen LogP contribution in [0.2, 0.25) is 5.02 Å². The standard InChI is InChI=1S/C25H28ClN3O4S2/c1-15-14-19(26)5-6-21(15)35(31,32)28-20-7-12-34-24(20)25(30)27-22-16(2)13-17(3)23(18(22)4)29-8-10-33-11-9-29/h5-7,12-14,28H,8-11H2,1-4H3,(H,27,30)/p-1. The second kappa shape index (κ2) is 10.2. The second-order valence-electron chi connectivity index (χ2n) is 8.53. The molecule has 0 amide bonds. The molecule has 4 rings (SSSR count). The van der Waals surface area contributed by atoms with E-state index in [1.807, 2.05) is 19.9 Å². The third-order valence-electron chi connectivity index (χ3n) is 5.96. The van der Waals surface area contributed by atoms with Crippen LogP contribution in [0.4, 0.5) is 17.1 Å². The van der Waals surface area contributed by atoms with E-state index >= 15 is 0 Å². The lowest BCUT2D eigenvalue weighted by Gasteiger charge is -2.32. The van der Waals surface area contributed by atoms with Crippen LogP contribution in [0.5, 0.6) is 0 Å². The number of nitrogens with zero attached hydrogens (tertiary/aromatic N) is 2. The normalized spacial score (nSPS) is 14.9. The molecule has 0 radical (unpaired) electrons. The third-order valence-corrected chi connectivity index (χ3v) is 8.62. The molecule has 186 valence electrons. The summed E-state index contributed by atoms with van der Waals surface area (Å²) in [6, 6.07) is 8.16. The summed E-state index contributed by atoms with van der Waals surface area (Å²) in [4.78, 5) is 7.04. The Hall–Kier alpha value is -2.59. The summed E-state index contributed by atoms with van der Waals surface area (Å²) < 4.78 is 34.1. The fourth-order valence-corrected chi connectivity index (χ4v) is 6.76. The van der Waals surface area contributed by atoms with Gasteiger partial charge in [0.1, 0.15) is 0 Å². The summed E-state index contributed by atoms with van der Waals surface area (Å²) in [5.41, 5.74) is 5.33. The van der Waals surface area contributed by atoms with Gasteiger partial charge in [-0.25, -0.2) is 8.42 Å². The number of benzene rings is 2. The average molecular weight is 533 g/mol. The molecule has 0 atom stereocenters. The molecule has 2 heterocycles. The summed E-state index contributed by atoms with van der Waals surface area (Å²) in [7, 11) is -3.92. The van der Waals surface area contributed by atoms with Crippen molar-refractivity contribution in [3.63, 3.8) is 0 Å². The number of sulfonamides is 1. The molecule has 1 aliphatic rings. The number of anilines is 2. The zero-order valence-corrected chi connectivity index (χ0v) is 22.4. The monoisotopic (exact) mass is 532 g/mol. The van der Waals surface area contributed by atoms with Gasteiger partial charge in [-0.3, -0.25) is 9.71 Å². The van der Waals surface area contributed by atoms with Gasteiger partial charge in [0, 0.05) is 29.7 Å². The molecule has 1 aliphatic heterocycles. The first-order valence-electron chi connectivity index (χ1n) is 11.1. The van der Waals surface area contributed by atoms with Gasteiger partial charge in [-0.2, -0.15) is 0 Å². The van der Waals surface area contributed by atoms with Gasteiger partial charge in [-0.15, -0.1) is 11.3 Å². The van der Waals surface area contributed by atoms with Crippen molar-refractivity contribution in [3.8, 4) is 0 Å².